The van der Waals surface area contributed by atoms with E-state index in [1.165, 1.54) is 6.92 Å². The van der Waals surface area contributed by atoms with Gasteiger partial charge in [0.05, 0.1) is 6.10 Å². The maximum atomic E-state index is 11.4. The Morgan fingerprint density at radius 2 is 1.89 bits per heavy atom. The molecular weight excluding hydrogens is 252 g/mol. The molecule has 0 aliphatic heterocycles. The van der Waals surface area contributed by atoms with Gasteiger partial charge in [-0.2, -0.15) is 0 Å². The number of carbonyl (C=O) groups excluding carboxylic acids is 1. The van der Waals surface area contributed by atoms with E-state index >= 15 is 0 Å². The van der Waals surface area contributed by atoms with Gasteiger partial charge < -0.3 is 25.6 Å². The van der Waals surface area contributed by atoms with Crippen LogP contribution in [0.5, 0.6) is 0 Å². The Hall–Kier alpha value is -1.34. The van der Waals surface area contributed by atoms with Crippen molar-refractivity contribution in [3.05, 3.63) is 0 Å². The molecule has 0 aromatic rings. The molecule has 2 amide bonds. The molecule has 4 N–H and O–H groups in total. The lowest BCUT2D eigenvalue weighted by Gasteiger charge is -2.17. The van der Waals surface area contributed by atoms with E-state index in [4.69, 9.17) is 9.84 Å². The Balaban J connectivity index is 3.66. The third-order valence-corrected chi connectivity index (χ3v) is 2.43. The Morgan fingerprint density at radius 1 is 1.26 bits per heavy atom. The number of aliphatic hydroxyl groups is 1. The molecule has 0 bridgehead atoms. The highest BCUT2D eigenvalue weighted by Gasteiger charge is 2.24. The van der Waals surface area contributed by atoms with Crippen LogP contribution in [0.25, 0.3) is 0 Å². The minimum absolute atomic E-state index is 0.393. The van der Waals surface area contributed by atoms with Crippen molar-refractivity contribution in [2.75, 3.05) is 19.8 Å². The summed E-state index contributed by atoms with van der Waals surface area (Å²) in [7, 11) is 0. The summed E-state index contributed by atoms with van der Waals surface area (Å²) < 4.78 is 5.31. The molecule has 2 atom stereocenters. The normalized spacial score (nSPS) is 13.6. The monoisotopic (exact) mass is 276 g/mol. The minimum atomic E-state index is -1.30. The highest BCUT2D eigenvalue weighted by molar-refractivity contribution is 5.82. The van der Waals surface area contributed by atoms with Crippen molar-refractivity contribution in [2.24, 2.45) is 0 Å². The van der Waals surface area contributed by atoms with Crippen LogP contribution in [0.4, 0.5) is 4.79 Å². The molecule has 0 rings (SSSR count). The van der Waals surface area contributed by atoms with Crippen molar-refractivity contribution in [1.29, 1.82) is 0 Å². The molecule has 0 aliphatic carbocycles. The highest BCUT2D eigenvalue weighted by atomic mass is 16.5. The number of nitrogens with one attached hydrogen (secondary N) is 2. The molecule has 0 aliphatic rings. The number of aliphatic carboxylic acids is 1. The molecule has 19 heavy (non-hydrogen) atoms. The quantitative estimate of drug-likeness (QED) is 0.430. The summed E-state index contributed by atoms with van der Waals surface area (Å²) in [5.74, 6) is -1.27. The molecule has 0 unspecified atom stereocenters. The molecule has 0 saturated carbocycles. The van der Waals surface area contributed by atoms with Gasteiger partial charge in [0.15, 0.2) is 6.04 Å². The van der Waals surface area contributed by atoms with E-state index in [9.17, 15) is 14.7 Å². The molecule has 0 saturated heterocycles. The van der Waals surface area contributed by atoms with Crippen molar-refractivity contribution in [2.45, 2.75) is 45.3 Å². The lowest BCUT2D eigenvalue weighted by molar-refractivity contribution is -0.141. The van der Waals surface area contributed by atoms with Crippen LogP contribution in [0.15, 0.2) is 0 Å². The van der Waals surface area contributed by atoms with Crippen molar-refractivity contribution in [3.8, 4) is 0 Å². The van der Waals surface area contributed by atoms with Gasteiger partial charge in [-0.3, -0.25) is 0 Å². The molecule has 0 spiro atoms. The number of urea groups is 1. The lowest BCUT2D eigenvalue weighted by Crippen LogP contribution is -2.51. The summed E-state index contributed by atoms with van der Waals surface area (Å²) in [6.07, 6.45) is 1.60. The minimum Gasteiger partial charge on any atom is -0.480 e. The van der Waals surface area contributed by atoms with Gasteiger partial charge >= 0.3 is 12.0 Å². The summed E-state index contributed by atoms with van der Waals surface area (Å²) in [6.45, 7) is 5.05. The van der Waals surface area contributed by atoms with Gasteiger partial charge in [0, 0.05) is 19.8 Å². The summed E-state index contributed by atoms with van der Waals surface area (Å²) in [5.41, 5.74) is 0. The first-order chi connectivity index (χ1) is 8.99. The van der Waals surface area contributed by atoms with Crippen LogP contribution in [0.3, 0.4) is 0 Å². The van der Waals surface area contributed by atoms with Gasteiger partial charge in [0.25, 0.3) is 0 Å². The average Bonchev–Trinajstić information content (AvgIpc) is 2.34. The molecular formula is C12H24N2O5. The fourth-order valence-electron chi connectivity index (χ4n) is 1.31. The van der Waals surface area contributed by atoms with Crippen LogP contribution in [0, 0.1) is 0 Å². The number of ether oxygens (including phenoxy) is 1. The van der Waals surface area contributed by atoms with Gasteiger partial charge in [0.2, 0.25) is 0 Å². The molecule has 0 radical (unpaired) electrons. The van der Waals surface area contributed by atoms with Gasteiger partial charge in [-0.15, -0.1) is 0 Å². The van der Waals surface area contributed by atoms with E-state index in [0.29, 0.717) is 26.2 Å². The summed E-state index contributed by atoms with van der Waals surface area (Å²) in [5, 5.41) is 22.6. The van der Waals surface area contributed by atoms with Crippen LogP contribution in [0.2, 0.25) is 0 Å². The Kier molecular flexibility index (Phi) is 9.82. The van der Waals surface area contributed by atoms with Crippen LogP contribution in [-0.4, -0.2) is 54.1 Å². The number of rotatable bonds is 10. The molecule has 0 aromatic carbocycles. The molecule has 7 heteroatoms. The number of aliphatic hydroxyl groups excluding tert-OH is 1. The number of amides is 2. The van der Waals surface area contributed by atoms with Crippen LogP contribution < -0.4 is 10.6 Å². The fourth-order valence-corrected chi connectivity index (χ4v) is 1.31. The van der Waals surface area contributed by atoms with E-state index in [1.54, 1.807) is 0 Å². The first-order valence-corrected chi connectivity index (χ1v) is 6.52. The highest BCUT2D eigenvalue weighted by Crippen LogP contribution is 1.93. The first-order valence-electron chi connectivity index (χ1n) is 6.52. The topological polar surface area (TPSA) is 108 Å². The predicted octanol–water partition coefficient (Wildman–Crippen LogP) is 0.326. The standard InChI is InChI=1S/C12H24N2O5/c1-3-4-7-19-8-5-6-13-12(18)14-10(9(2)15)11(16)17/h9-10,15H,3-8H2,1-2H3,(H,16,17)(H2,13,14,18)/t9-,10+/m1/s1. The summed E-state index contributed by atoms with van der Waals surface area (Å²) >= 11 is 0. The van der Waals surface area contributed by atoms with Crippen LogP contribution >= 0.6 is 0 Å². The number of unbranched alkanes of at least 4 members (excludes halogenated alkanes) is 1. The zero-order valence-corrected chi connectivity index (χ0v) is 11.5. The number of hydrogen-bond donors (Lipinski definition) is 4. The number of carbonyl (C=O) groups is 2. The molecule has 112 valence electrons. The third kappa shape index (κ3) is 9.26. The lowest BCUT2D eigenvalue weighted by atomic mass is 10.2. The van der Waals surface area contributed by atoms with E-state index in [0.717, 1.165) is 12.8 Å². The van der Waals surface area contributed by atoms with Gasteiger partial charge in [-0.1, -0.05) is 13.3 Å². The maximum absolute atomic E-state index is 11.4. The largest absolute Gasteiger partial charge is 0.480 e. The predicted molar refractivity (Wildman–Crippen MR) is 70.0 cm³/mol. The molecule has 0 fully saturated rings. The van der Waals surface area contributed by atoms with Crippen molar-refractivity contribution >= 4 is 12.0 Å². The second kappa shape index (κ2) is 10.6. The number of carboxylic acid groups (broad SMARTS) is 1. The Bertz CT molecular complexity index is 271. The van der Waals surface area contributed by atoms with E-state index in [-0.39, 0.29) is 0 Å². The van der Waals surface area contributed by atoms with E-state index in [2.05, 4.69) is 17.6 Å². The van der Waals surface area contributed by atoms with E-state index < -0.39 is 24.1 Å². The second-order valence-electron chi connectivity index (χ2n) is 4.28. The van der Waals surface area contributed by atoms with Crippen molar-refractivity contribution in [1.82, 2.24) is 10.6 Å². The second-order valence-corrected chi connectivity index (χ2v) is 4.28. The Labute approximate surface area is 113 Å². The first kappa shape index (κ1) is 17.7. The third-order valence-electron chi connectivity index (χ3n) is 2.43. The Morgan fingerprint density at radius 3 is 2.42 bits per heavy atom. The van der Waals surface area contributed by atoms with Gasteiger partial charge in [0.1, 0.15) is 0 Å². The molecule has 7 nitrogen and oxygen atoms in total. The maximum Gasteiger partial charge on any atom is 0.328 e. The average molecular weight is 276 g/mol. The van der Waals surface area contributed by atoms with Crippen molar-refractivity contribution < 1.29 is 24.5 Å². The van der Waals surface area contributed by atoms with Crippen LogP contribution in [0.1, 0.15) is 33.1 Å². The van der Waals surface area contributed by atoms with Gasteiger partial charge in [-0.25, -0.2) is 9.59 Å². The smallest absolute Gasteiger partial charge is 0.328 e. The summed E-state index contributed by atoms with van der Waals surface area (Å²) in [4.78, 5) is 22.1. The van der Waals surface area contributed by atoms with E-state index in [1.807, 2.05) is 0 Å². The van der Waals surface area contributed by atoms with Crippen LogP contribution in [-0.2, 0) is 9.53 Å². The molecule has 0 heterocycles. The zero-order valence-electron chi connectivity index (χ0n) is 11.5. The number of carboxylic acids is 1. The SMILES string of the molecule is CCCCOCCCNC(=O)N[C@H](C(=O)O)[C@@H](C)O. The summed E-state index contributed by atoms with van der Waals surface area (Å²) in [6, 6.07) is -1.91. The fraction of sp³-hybridized carbons (Fsp3) is 0.833. The zero-order chi connectivity index (χ0) is 14.7. The van der Waals surface area contributed by atoms with Gasteiger partial charge in [-0.05, 0) is 19.8 Å². The number of hydrogen-bond acceptors (Lipinski definition) is 4. The van der Waals surface area contributed by atoms with Crippen molar-refractivity contribution in [3.63, 3.8) is 0 Å². The molecule has 0 aromatic heterocycles.